The van der Waals surface area contributed by atoms with Crippen LogP contribution >= 0.6 is 0 Å². The molecule has 0 heterocycles. The third-order valence-corrected chi connectivity index (χ3v) is 0.827. The summed E-state index contributed by atoms with van der Waals surface area (Å²) < 4.78 is 0.583. The Kier molecular flexibility index (Phi) is 2.81. The standard InChI is InChI=1S/C6H14NO2/c1-7(2,3)4-6(9)5-8/h8H,4-5H2,1-3H3/q+1. The molecule has 0 unspecified atom stereocenters. The number of aliphatic hydroxyl groups excluding tert-OH is 1. The van der Waals surface area contributed by atoms with Crippen LogP contribution in [0.2, 0.25) is 0 Å². The van der Waals surface area contributed by atoms with Crippen molar-refractivity contribution >= 4 is 5.78 Å². The molecule has 0 aliphatic heterocycles. The van der Waals surface area contributed by atoms with Crippen molar-refractivity contribution in [2.24, 2.45) is 0 Å². The van der Waals surface area contributed by atoms with Crippen LogP contribution in [0.4, 0.5) is 0 Å². The minimum Gasteiger partial charge on any atom is -0.388 e. The fraction of sp³-hybridized carbons (Fsp3) is 0.833. The second kappa shape index (κ2) is 2.94. The number of hydrogen-bond acceptors (Lipinski definition) is 2. The van der Waals surface area contributed by atoms with E-state index in [1.165, 1.54) is 0 Å². The maximum Gasteiger partial charge on any atom is 0.212 e. The summed E-state index contributed by atoms with van der Waals surface area (Å²) in [6, 6.07) is 0. The van der Waals surface area contributed by atoms with E-state index in [1.54, 1.807) is 0 Å². The van der Waals surface area contributed by atoms with Gasteiger partial charge in [0.2, 0.25) is 5.78 Å². The Morgan fingerprint density at radius 3 is 2.00 bits per heavy atom. The number of quaternary nitrogens is 1. The monoisotopic (exact) mass is 132 g/mol. The quantitative estimate of drug-likeness (QED) is 0.513. The van der Waals surface area contributed by atoms with Crippen LogP contribution in [0, 0.1) is 0 Å². The smallest absolute Gasteiger partial charge is 0.212 e. The van der Waals surface area contributed by atoms with Crippen LogP contribution in [0.5, 0.6) is 0 Å². The lowest BCUT2D eigenvalue weighted by Gasteiger charge is -2.21. The van der Waals surface area contributed by atoms with Crippen molar-refractivity contribution in [1.82, 2.24) is 0 Å². The van der Waals surface area contributed by atoms with Gasteiger partial charge in [0.15, 0.2) is 0 Å². The molecule has 0 rings (SSSR count). The largest absolute Gasteiger partial charge is 0.388 e. The van der Waals surface area contributed by atoms with Crippen LogP contribution < -0.4 is 0 Å². The molecule has 0 saturated heterocycles. The second-order valence-electron chi connectivity index (χ2n) is 3.15. The first-order valence-electron chi connectivity index (χ1n) is 2.89. The minimum absolute atomic E-state index is 0.109. The van der Waals surface area contributed by atoms with E-state index < -0.39 is 0 Å². The summed E-state index contributed by atoms with van der Waals surface area (Å²) in [7, 11) is 5.73. The maximum absolute atomic E-state index is 10.6. The first-order chi connectivity index (χ1) is 3.95. The lowest BCUT2D eigenvalue weighted by Crippen LogP contribution is -2.40. The molecular formula is C6H14NO2+. The van der Waals surface area contributed by atoms with Gasteiger partial charge in [0, 0.05) is 0 Å². The van der Waals surface area contributed by atoms with Crippen LogP contribution in [0.25, 0.3) is 0 Å². The molecule has 0 aliphatic rings. The average Bonchev–Trinajstić information content (AvgIpc) is 1.62. The number of likely N-dealkylation sites (N-methyl/N-ethyl adjacent to an activating group) is 1. The Hall–Kier alpha value is -0.410. The molecule has 9 heavy (non-hydrogen) atoms. The Morgan fingerprint density at radius 2 is 1.89 bits per heavy atom. The Morgan fingerprint density at radius 1 is 1.44 bits per heavy atom. The molecule has 0 radical (unpaired) electrons. The maximum atomic E-state index is 10.6. The van der Waals surface area contributed by atoms with Gasteiger partial charge in [-0.15, -0.1) is 0 Å². The van der Waals surface area contributed by atoms with Gasteiger partial charge in [0.25, 0.3) is 0 Å². The highest BCUT2D eigenvalue weighted by Gasteiger charge is 2.12. The molecule has 0 saturated carbocycles. The molecule has 0 fully saturated rings. The Labute approximate surface area is 55.5 Å². The van der Waals surface area contributed by atoms with Gasteiger partial charge in [-0.25, -0.2) is 0 Å². The highest BCUT2D eigenvalue weighted by Crippen LogP contribution is 1.88. The number of nitrogens with zero attached hydrogens (tertiary/aromatic N) is 1. The molecule has 0 aromatic heterocycles. The van der Waals surface area contributed by atoms with Gasteiger partial charge >= 0.3 is 0 Å². The number of carbonyl (C=O) groups is 1. The van der Waals surface area contributed by atoms with E-state index in [9.17, 15) is 4.79 Å². The van der Waals surface area contributed by atoms with Gasteiger partial charge in [-0.3, -0.25) is 4.79 Å². The van der Waals surface area contributed by atoms with Crippen molar-refractivity contribution in [3.63, 3.8) is 0 Å². The highest BCUT2D eigenvalue weighted by molar-refractivity contribution is 5.80. The lowest BCUT2D eigenvalue weighted by atomic mass is 10.4. The summed E-state index contributed by atoms with van der Waals surface area (Å²) in [5.74, 6) is -0.109. The van der Waals surface area contributed by atoms with Crippen LogP contribution in [-0.4, -0.2) is 49.7 Å². The van der Waals surface area contributed by atoms with Crippen molar-refractivity contribution < 1.29 is 14.4 Å². The zero-order valence-electron chi connectivity index (χ0n) is 6.22. The van der Waals surface area contributed by atoms with Gasteiger partial charge in [-0.1, -0.05) is 0 Å². The average molecular weight is 132 g/mol. The highest BCUT2D eigenvalue weighted by atomic mass is 16.3. The summed E-state index contributed by atoms with van der Waals surface area (Å²) in [6.07, 6.45) is 0. The van der Waals surface area contributed by atoms with Crippen LogP contribution in [-0.2, 0) is 4.79 Å². The number of carbonyl (C=O) groups excluding carboxylic acids is 1. The molecule has 0 bridgehead atoms. The fourth-order valence-corrected chi connectivity index (χ4v) is 0.579. The topological polar surface area (TPSA) is 37.3 Å². The van der Waals surface area contributed by atoms with E-state index >= 15 is 0 Å². The van der Waals surface area contributed by atoms with Crippen LogP contribution in [0.1, 0.15) is 0 Å². The zero-order valence-corrected chi connectivity index (χ0v) is 6.22. The SMILES string of the molecule is C[N+](C)(C)CC(=O)CO. The summed E-state index contributed by atoms with van der Waals surface area (Å²) in [5.41, 5.74) is 0. The fourth-order valence-electron chi connectivity index (χ4n) is 0.579. The van der Waals surface area contributed by atoms with Crippen molar-refractivity contribution in [2.75, 3.05) is 34.3 Å². The first-order valence-corrected chi connectivity index (χ1v) is 2.89. The predicted molar refractivity (Wildman–Crippen MR) is 35.0 cm³/mol. The molecule has 0 amide bonds. The van der Waals surface area contributed by atoms with Crippen LogP contribution in [0.3, 0.4) is 0 Å². The van der Waals surface area contributed by atoms with E-state index in [2.05, 4.69) is 0 Å². The van der Waals surface area contributed by atoms with Gasteiger partial charge in [0.05, 0.1) is 21.1 Å². The molecule has 1 N–H and O–H groups in total. The van der Waals surface area contributed by atoms with Gasteiger partial charge in [-0.05, 0) is 0 Å². The molecular weight excluding hydrogens is 118 g/mol. The number of ketones is 1. The minimum atomic E-state index is -0.338. The molecule has 3 heteroatoms. The third kappa shape index (κ3) is 5.46. The van der Waals surface area contributed by atoms with Crippen molar-refractivity contribution in [3.8, 4) is 0 Å². The third-order valence-electron chi connectivity index (χ3n) is 0.827. The van der Waals surface area contributed by atoms with Crippen molar-refractivity contribution in [3.05, 3.63) is 0 Å². The first kappa shape index (κ1) is 8.59. The Bertz CT molecular complexity index is 104. The number of hydrogen-bond donors (Lipinski definition) is 1. The molecule has 0 aromatic carbocycles. The summed E-state index contributed by atoms with van der Waals surface area (Å²) in [6.45, 7) is 0.0615. The molecule has 0 spiro atoms. The summed E-state index contributed by atoms with van der Waals surface area (Å²) in [5, 5.41) is 8.34. The molecule has 0 atom stereocenters. The lowest BCUT2D eigenvalue weighted by molar-refractivity contribution is -0.862. The van der Waals surface area contributed by atoms with Gasteiger partial charge in [0.1, 0.15) is 13.2 Å². The van der Waals surface area contributed by atoms with E-state index in [0.29, 0.717) is 11.0 Å². The Balaban J connectivity index is 3.60. The molecule has 54 valence electrons. The molecule has 0 aliphatic carbocycles. The summed E-state index contributed by atoms with van der Waals surface area (Å²) in [4.78, 5) is 10.6. The molecule has 3 nitrogen and oxygen atoms in total. The number of aliphatic hydroxyl groups is 1. The summed E-state index contributed by atoms with van der Waals surface area (Å²) >= 11 is 0. The van der Waals surface area contributed by atoms with E-state index in [0.717, 1.165) is 0 Å². The van der Waals surface area contributed by atoms with Gasteiger partial charge < -0.3 is 9.59 Å². The zero-order chi connectivity index (χ0) is 7.49. The van der Waals surface area contributed by atoms with Gasteiger partial charge in [-0.2, -0.15) is 0 Å². The second-order valence-corrected chi connectivity index (χ2v) is 3.15. The number of rotatable bonds is 3. The van der Waals surface area contributed by atoms with Crippen molar-refractivity contribution in [2.45, 2.75) is 0 Å². The van der Waals surface area contributed by atoms with Crippen molar-refractivity contribution in [1.29, 1.82) is 0 Å². The van der Waals surface area contributed by atoms with E-state index in [1.807, 2.05) is 21.1 Å². The van der Waals surface area contributed by atoms with Crippen LogP contribution in [0.15, 0.2) is 0 Å². The normalized spacial score (nSPS) is 11.6. The predicted octanol–water partition coefficient (Wildman–Crippen LogP) is -0.746. The number of Topliss-reactive ketones (excluding diaryl/α,β-unsaturated/α-hetero) is 1. The van der Waals surface area contributed by atoms with E-state index in [-0.39, 0.29) is 12.4 Å². The van der Waals surface area contributed by atoms with E-state index in [4.69, 9.17) is 5.11 Å². The molecule has 0 aromatic rings.